The summed E-state index contributed by atoms with van der Waals surface area (Å²) in [5.74, 6) is 1.28. The Bertz CT molecular complexity index is 585. The molecule has 1 heterocycles. The molecule has 2 atom stereocenters. The third-order valence-electron chi connectivity index (χ3n) is 3.66. The lowest BCUT2D eigenvalue weighted by Gasteiger charge is -2.25. The van der Waals surface area contributed by atoms with Crippen LogP contribution in [0, 0.1) is 0 Å². The first kappa shape index (κ1) is 14.4. The Balaban J connectivity index is 1.70. The summed E-state index contributed by atoms with van der Waals surface area (Å²) >= 11 is 1.48. The van der Waals surface area contributed by atoms with Gasteiger partial charge in [0.2, 0.25) is 5.89 Å². The highest BCUT2D eigenvalue weighted by Crippen LogP contribution is 2.34. The normalized spacial score (nSPS) is 22.2. The fourth-order valence-electron chi connectivity index (χ4n) is 2.45. The van der Waals surface area contributed by atoms with Gasteiger partial charge < -0.3 is 14.3 Å². The van der Waals surface area contributed by atoms with E-state index in [0.717, 1.165) is 37.0 Å². The van der Waals surface area contributed by atoms with Gasteiger partial charge in [-0.1, -0.05) is 24.6 Å². The number of aliphatic hydroxyl groups excluding tert-OH is 1. The average molecular weight is 306 g/mol. The second kappa shape index (κ2) is 6.49. The number of methoxy groups -OCH3 is 1. The van der Waals surface area contributed by atoms with Crippen molar-refractivity contribution in [2.45, 2.75) is 42.3 Å². The van der Waals surface area contributed by atoms with E-state index in [-0.39, 0.29) is 11.4 Å². The van der Waals surface area contributed by atoms with E-state index in [4.69, 9.17) is 9.15 Å². The zero-order chi connectivity index (χ0) is 14.7. The van der Waals surface area contributed by atoms with Gasteiger partial charge >= 0.3 is 0 Å². The van der Waals surface area contributed by atoms with E-state index in [9.17, 15) is 5.11 Å². The zero-order valence-corrected chi connectivity index (χ0v) is 12.7. The number of aliphatic hydroxyl groups is 1. The molecule has 3 rings (SSSR count). The highest BCUT2D eigenvalue weighted by atomic mass is 32.2. The van der Waals surface area contributed by atoms with Crippen molar-refractivity contribution in [2.24, 2.45) is 0 Å². The minimum Gasteiger partial charge on any atom is -0.497 e. The Morgan fingerprint density at radius 1 is 1.19 bits per heavy atom. The molecule has 1 aromatic carbocycles. The lowest BCUT2D eigenvalue weighted by atomic mass is 9.97. The summed E-state index contributed by atoms with van der Waals surface area (Å²) in [5, 5.41) is 18.8. The molecule has 0 amide bonds. The molecule has 21 heavy (non-hydrogen) atoms. The number of hydrogen-bond acceptors (Lipinski definition) is 6. The van der Waals surface area contributed by atoms with Gasteiger partial charge in [0.05, 0.1) is 13.2 Å². The lowest BCUT2D eigenvalue weighted by molar-refractivity contribution is 0.136. The van der Waals surface area contributed by atoms with Crippen molar-refractivity contribution >= 4 is 11.8 Å². The molecule has 6 heteroatoms. The van der Waals surface area contributed by atoms with E-state index in [0.29, 0.717) is 11.1 Å². The SMILES string of the molecule is COc1ccc(-c2nnc(SC3CCCCC3O)o2)cc1. The molecule has 2 aromatic rings. The van der Waals surface area contributed by atoms with Crippen molar-refractivity contribution in [3.05, 3.63) is 24.3 Å². The van der Waals surface area contributed by atoms with Crippen LogP contribution in [0.15, 0.2) is 33.9 Å². The van der Waals surface area contributed by atoms with Gasteiger partial charge in [-0.2, -0.15) is 0 Å². The van der Waals surface area contributed by atoms with Gasteiger partial charge in [0.1, 0.15) is 5.75 Å². The van der Waals surface area contributed by atoms with Crippen molar-refractivity contribution in [2.75, 3.05) is 7.11 Å². The minimum absolute atomic E-state index is 0.155. The summed E-state index contributed by atoms with van der Waals surface area (Å²) in [5.41, 5.74) is 0.861. The van der Waals surface area contributed by atoms with Crippen molar-refractivity contribution in [1.82, 2.24) is 10.2 Å². The van der Waals surface area contributed by atoms with Gasteiger partial charge in [-0.25, -0.2) is 0 Å². The first-order valence-corrected chi connectivity index (χ1v) is 7.97. The number of thioether (sulfide) groups is 1. The number of hydrogen-bond donors (Lipinski definition) is 1. The molecular weight excluding hydrogens is 288 g/mol. The summed E-state index contributed by atoms with van der Waals surface area (Å²) in [6.07, 6.45) is 3.82. The number of aromatic nitrogens is 2. The van der Waals surface area contributed by atoms with E-state index in [1.807, 2.05) is 24.3 Å². The van der Waals surface area contributed by atoms with Crippen LogP contribution in [-0.4, -0.2) is 33.8 Å². The van der Waals surface area contributed by atoms with Crippen LogP contribution >= 0.6 is 11.8 Å². The Kier molecular flexibility index (Phi) is 4.45. The highest BCUT2D eigenvalue weighted by Gasteiger charge is 2.26. The van der Waals surface area contributed by atoms with E-state index in [1.54, 1.807) is 7.11 Å². The smallest absolute Gasteiger partial charge is 0.277 e. The van der Waals surface area contributed by atoms with E-state index in [1.165, 1.54) is 11.8 Å². The van der Waals surface area contributed by atoms with Crippen LogP contribution in [0.2, 0.25) is 0 Å². The minimum atomic E-state index is -0.278. The molecule has 0 radical (unpaired) electrons. The average Bonchev–Trinajstić information content (AvgIpc) is 2.98. The van der Waals surface area contributed by atoms with Gasteiger partial charge in [0, 0.05) is 10.8 Å². The molecule has 2 unspecified atom stereocenters. The molecule has 1 fully saturated rings. The molecule has 1 saturated carbocycles. The molecular formula is C15H18N2O3S. The maximum atomic E-state index is 9.99. The molecule has 1 aliphatic rings. The summed E-state index contributed by atoms with van der Waals surface area (Å²) < 4.78 is 10.8. The molecule has 1 aliphatic carbocycles. The third-order valence-corrected chi connectivity index (χ3v) is 4.88. The fraction of sp³-hybridized carbons (Fsp3) is 0.467. The fourth-order valence-corrected chi connectivity index (χ4v) is 3.50. The molecule has 1 aromatic heterocycles. The standard InChI is InChI=1S/C15H18N2O3S/c1-19-11-8-6-10(7-9-11)14-16-17-15(20-14)21-13-5-3-2-4-12(13)18/h6-9,12-13,18H,2-5H2,1H3. The third kappa shape index (κ3) is 3.39. The quantitative estimate of drug-likeness (QED) is 0.936. The molecule has 0 aliphatic heterocycles. The maximum Gasteiger partial charge on any atom is 0.277 e. The molecule has 0 spiro atoms. The Morgan fingerprint density at radius 2 is 1.95 bits per heavy atom. The highest BCUT2D eigenvalue weighted by molar-refractivity contribution is 7.99. The van der Waals surface area contributed by atoms with Crippen molar-refractivity contribution in [3.63, 3.8) is 0 Å². The first-order valence-electron chi connectivity index (χ1n) is 7.09. The van der Waals surface area contributed by atoms with Crippen LogP contribution in [0.3, 0.4) is 0 Å². The van der Waals surface area contributed by atoms with Crippen LogP contribution < -0.4 is 4.74 Å². The van der Waals surface area contributed by atoms with E-state index >= 15 is 0 Å². The molecule has 0 saturated heterocycles. The Morgan fingerprint density at radius 3 is 2.67 bits per heavy atom. The van der Waals surface area contributed by atoms with Crippen LogP contribution in [-0.2, 0) is 0 Å². The predicted octanol–water partition coefficient (Wildman–Crippen LogP) is 3.14. The summed E-state index contributed by atoms with van der Waals surface area (Å²) in [4.78, 5) is 0. The Hall–Kier alpha value is -1.53. The van der Waals surface area contributed by atoms with Crippen LogP contribution in [0.25, 0.3) is 11.5 Å². The van der Waals surface area contributed by atoms with Gasteiger partial charge in [-0.05, 0) is 37.1 Å². The van der Waals surface area contributed by atoms with E-state index in [2.05, 4.69) is 10.2 Å². The summed E-state index contributed by atoms with van der Waals surface area (Å²) in [6, 6.07) is 7.49. The van der Waals surface area contributed by atoms with Crippen LogP contribution in [0.5, 0.6) is 5.75 Å². The molecule has 5 nitrogen and oxygen atoms in total. The van der Waals surface area contributed by atoms with Crippen molar-refractivity contribution in [1.29, 1.82) is 0 Å². The van der Waals surface area contributed by atoms with Gasteiger partial charge in [0.15, 0.2) is 0 Å². The summed E-state index contributed by atoms with van der Waals surface area (Å²) in [6.45, 7) is 0. The van der Waals surface area contributed by atoms with Gasteiger partial charge in [-0.3, -0.25) is 0 Å². The van der Waals surface area contributed by atoms with Crippen LogP contribution in [0.1, 0.15) is 25.7 Å². The molecule has 1 N–H and O–H groups in total. The second-order valence-corrected chi connectivity index (χ2v) is 6.30. The topological polar surface area (TPSA) is 68.4 Å². The largest absolute Gasteiger partial charge is 0.497 e. The number of nitrogens with zero attached hydrogens (tertiary/aromatic N) is 2. The van der Waals surface area contributed by atoms with Gasteiger partial charge in [-0.15, -0.1) is 10.2 Å². The maximum absolute atomic E-state index is 9.99. The Labute approximate surface area is 127 Å². The number of benzene rings is 1. The van der Waals surface area contributed by atoms with E-state index < -0.39 is 0 Å². The monoisotopic (exact) mass is 306 g/mol. The second-order valence-electron chi connectivity index (χ2n) is 5.11. The summed E-state index contributed by atoms with van der Waals surface area (Å²) in [7, 11) is 1.63. The number of rotatable bonds is 4. The van der Waals surface area contributed by atoms with Crippen LogP contribution in [0.4, 0.5) is 0 Å². The van der Waals surface area contributed by atoms with Crippen molar-refractivity contribution in [3.8, 4) is 17.2 Å². The number of ether oxygens (including phenoxy) is 1. The lowest BCUT2D eigenvalue weighted by Crippen LogP contribution is -2.26. The van der Waals surface area contributed by atoms with Gasteiger partial charge in [0.25, 0.3) is 5.22 Å². The zero-order valence-electron chi connectivity index (χ0n) is 11.9. The van der Waals surface area contributed by atoms with Crippen molar-refractivity contribution < 1.29 is 14.3 Å². The molecule has 0 bridgehead atoms. The first-order chi connectivity index (χ1) is 10.3. The molecule has 112 valence electrons. The predicted molar refractivity (Wildman–Crippen MR) is 80.4 cm³/mol.